The van der Waals surface area contributed by atoms with Gasteiger partial charge in [-0.05, 0) is 42.2 Å². The van der Waals surface area contributed by atoms with E-state index in [4.69, 9.17) is 10.0 Å². The molecule has 0 bridgehead atoms. The lowest BCUT2D eigenvalue weighted by molar-refractivity contribution is -0.131. The maximum atomic E-state index is 13.0. The van der Waals surface area contributed by atoms with Gasteiger partial charge >= 0.3 is 5.91 Å². The average Bonchev–Trinajstić information content (AvgIpc) is 2.82. The molecule has 3 N–H and O–H groups in total. The summed E-state index contributed by atoms with van der Waals surface area (Å²) in [6.07, 6.45) is 2.11. The van der Waals surface area contributed by atoms with Crippen molar-refractivity contribution in [1.29, 1.82) is 0 Å². The maximum Gasteiger partial charge on any atom is 0.304 e. The molecule has 10 nitrogen and oxygen atoms in total. The second-order valence-electron chi connectivity index (χ2n) is 8.35. The van der Waals surface area contributed by atoms with Crippen LogP contribution in [0, 0.1) is 0 Å². The number of fused-ring (bicyclic) bond motifs is 1. The number of rotatable bonds is 9. The molecule has 3 rings (SSSR count). The van der Waals surface area contributed by atoms with Crippen molar-refractivity contribution in [3.63, 3.8) is 0 Å². The smallest absolute Gasteiger partial charge is 0.304 e. The van der Waals surface area contributed by atoms with Crippen LogP contribution in [-0.4, -0.2) is 59.3 Å². The Morgan fingerprint density at radius 2 is 1.85 bits per heavy atom. The van der Waals surface area contributed by atoms with Crippen molar-refractivity contribution in [2.75, 3.05) is 20.4 Å². The van der Waals surface area contributed by atoms with Crippen molar-refractivity contribution in [3.8, 4) is 11.1 Å². The Kier molecular flexibility index (Phi) is 7.51. The fraction of sp³-hybridized carbons (Fsp3) is 0.348. The van der Waals surface area contributed by atoms with Crippen molar-refractivity contribution in [2.45, 2.75) is 31.2 Å². The zero-order chi connectivity index (χ0) is 25.1. The van der Waals surface area contributed by atoms with Gasteiger partial charge in [-0.25, -0.2) is 13.4 Å². The normalized spacial score (nSPS) is 13.7. The number of nitrogens with zero attached hydrogens (tertiary/aromatic N) is 3. The molecule has 34 heavy (non-hydrogen) atoms. The largest absolute Gasteiger partial charge is 0.310 e. The van der Waals surface area contributed by atoms with Gasteiger partial charge < -0.3 is 10.0 Å². The van der Waals surface area contributed by atoms with Crippen LogP contribution in [0.1, 0.15) is 18.9 Å². The lowest BCUT2D eigenvalue weighted by Crippen LogP contribution is -2.50. The van der Waals surface area contributed by atoms with Gasteiger partial charge in [0.2, 0.25) is 0 Å². The highest BCUT2D eigenvalue weighted by Gasteiger charge is 2.44. The number of amides is 1. The molecule has 0 fully saturated rings. The van der Waals surface area contributed by atoms with Crippen LogP contribution in [0.15, 0.2) is 53.6 Å². The maximum absolute atomic E-state index is 13.0. The number of sulfone groups is 1. The molecule has 0 spiro atoms. The lowest BCUT2D eigenvalue weighted by Gasteiger charge is -2.24. The Bertz CT molecular complexity index is 1350. The van der Waals surface area contributed by atoms with Crippen molar-refractivity contribution in [3.05, 3.63) is 64.7 Å². The summed E-state index contributed by atoms with van der Waals surface area (Å²) in [6.45, 7) is 1.85. The molecule has 0 aliphatic heterocycles. The Labute approximate surface area is 197 Å². The van der Waals surface area contributed by atoms with Crippen LogP contribution < -0.4 is 11.0 Å². The van der Waals surface area contributed by atoms with Crippen LogP contribution in [0.25, 0.3) is 22.0 Å². The van der Waals surface area contributed by atoms with Gasteiger partial charge in [0.05, 0.1) is 24.3 Å². The number of hydrogen-bond acceptors (Lipinski definition) is 7. The molecule has 1 aromatic heterocycles. The Morgan fingerprint density at radius 3 is 2.44 bits per heavy atom. The number of carbonyl (C=O) groups is 1. The minimum atomic E-state index is -3.83. The topological polar surface area (TPSA) is 134 Å². The number of benzene rings is 2. The van der Waals surface area contributed by atoms with E-state index in [1.807, 2.05) is 43.4 Å². The molecule has 11 heteroatoms. The summed E-state index contributed by atoms with van der Waals surface area (Å²) in [6, 6.07) is 13.3. The number of nitrogens with one attached hydrogen (secondary N) is 1. The van der Waals surface area contributed by atoms with Gasteiger partial charge in [-0.15, -0.1) is 5.48 Å². The molecule has 0 saturated heterocycles. The molecule has 2 aromatic carbocycles. The number of carbonyl (C=O) groups excluding carboxylic acids is 1. The molecule has 0 saturated carbocycles. The molecular weight excluding hydrogens is 460 g/mol. The van der Waals surface area contributed by atoms with Gasteiger partial charge in [-0.1, -0.05) is 30.3 Å². The Morgan fingerprint density at radius 1 is 1.21 bits per heavy atom. The number of aryl methyl sites for hydroxylation is 1. The van der Waals surface area contributed by atoms with Crippen molar-refractivity contribution in [2.24, 2.45) is 0 Å². The van der Waals surface area contributed by atoms with Gasteiger partial charge in [0.1, 0.15) is 0 Å². The highest BCUT2D eigenvalue weighted by Crippen LogP contribution is 2.24. The first-order chi connectivity index (χ1) is 16.0. The minimum absolute atomic E-state index is 0.0438. The summed E-state index contributed by atoms with van der Waals surface area (Å²) in [5, 5.41) is 9.17. The molecule has 1 atom stereocenters. The third-order valence-corrected chi connectivity index (χ3v) is 8.10. The third-order valence-electron chi connectivity index (χ3n) is 6.07. The first kappa shape index (κ1) is 25.5. The lowest BCUT2D eigenvalue weighted by atomic mass is 10.0. The first-order valence-corrected chi connectivity index (χ1v) is 12.4. The van der Waals surface area contributed by atoms with E-state index in [2.05, 4.69) is 4.98 Å². The zero-order valence-corrected chi connectivity index (χ0v) is 20.3. The van der Waals surface area contributed by atoms with Gasteiger partial charge in [-0.2, -0.15) is 5.06 Å². The molecule has 1 amide bonds. The van der Waals surface area contributed by atoms with E-state index < -0.39 is 20.5 Å². The van der Waals surface area contributed by atoms with E-state index in [9.17, 15) is 18.0 Å². The summed E-state index contributed by atoms with van der Waals surface area (Å²) in [5.74, 6) is -0.943. The van der Waals surface area contributed by atoms with E-state index in [-0.39, 0.29) is 18.5 Å². The Balaban J connectivity index is 1.86. The quantitative estimate of drug-likeness (QED) is 0.350. The standard InChI is InChI=1S/C23H28N4O6S/c1-23(22(29)25-30,34(4,31)32)11-12-27-15-24-20-13-18(9-10-19(20)21(27)28)17-7-5-16(6-8-17)14-26(2)33-3/h5-10,13,15,30H,11-12,14H2,1-4H3,(H,25,29)/p+1/t23-/m1/s1. The molecule has 182 valence electrons. The summed E-state index contributed by atoms with van der Waals surface area (Å²) in [4.78, 5) is 34.6. The number of hydrogen-bond donors (Lipinski definition) is 1. The van der Waals surface area contributed by atoms with E-state index in [0.29, 0.717) is 17.4 Å². The number of aromatic nitrogens is 2. The predicted octanol–water partition coefficient (Wildman–Crippen LogP) is 1.01. The van der Waals surface area contributed by atoms with Crippen LogP contribution in [0.4, 0.5) is 0 Å². The van der Waals surface area contributed by atoms with Crippen molar-refractivity contribution in [1.82, 2.24) is 20.1 Å². The van der Waals surface area contributed by atoms with Crippen molar-refractivity contribution < 1.29 is 23.3 Å². The van der Waals surface area contributed by atoms with Gasteiger partial charge in [0.15, 0.2) is 14.6 Å². The van der Waals surface area contributed by atoms with Crippen LogP contribution in [0.3, 0.4) is 0 Å². The fourth-order valence-electron chi connectivity index (χ4n) is 3.55. The van der Waals surface area contributed by atoms with E-state index >= 15 is 0 Å². The zero-order valence-electron chi connectivity index (χ0n) is 19.5. The Hall–Kier alpha value is -3.12. The molecule has 0 aliphatic carbocycles. The minimum Gasteiger partial charge on any atom is -0.310 e. The van der Waals surface area contributed by atoms with Crippen LogP contribution in [-0.2, 0) is 32.6 Å². The first-order valence-electron chi connectivity index (χ1n) is 10.5. The highest BCUT2D eigenvalue weighted by molar-refractivity contribution is 7.92. The average molecular weight is 490 g/mol. The summed E-state index contributed by atoms with van der Waals surface area (Å²) in [5.41, 5.74) is 4.79. The summed E-state index contributed by atoms with van der Waals surface area (Å²) in [7, 11) is -0.364. The fourth-order valence-corrected chi connectivity index (χ4v) is 4.40. The summed E-state index contributed by atoms with van der Waals surface area (Å²) >= 11 is 0. The van der Waals surface area contributed by atoms with Crippen LogP contribution in [0.2, 0.25) is 0 Å². The monoisotopic (exact) mass is 489 g/mol. The second-order valence-corrected chi connectivity index (χ2v) is 10.8. The SMILES string of the molecule is CON(C)Cc1ccc(-c2ccc3c(=O)n(CC[C@](C)(C(=O)N[OH2+])S(C)(=O)=O)cnc3c2)cc1. The van der Waals surface area contributed by atoms with E-state index in [0.717, 1.165) is 22.9 Å². The third kappa shape index (κ3) is 5.17. The predicted molar refractivity (Wildman–Crippen MR) is 130 cm³/mol. The molecule has 0 unspecified atom stereocenters. The number of hydroxylamine groups is 3. The van der Waals surface area contributed by atoms with Crippen LogP contribution >= 0.6 is 0 Å². The van der Waals surface area contributed by atoms with E-state index in [1.165, 1.54) is 17.8 Å². The second kappa shape index (κ2) is 10.0. The molecule has 1 heterocycles. The summed E-state index contributed by atoms with van der Waals surface area (Å²) < 4.78 is 23.8. The van der Waals surface area contributed by atoms with E-state index in [1.54, 1.807) is 23.7 Å². The molecule has 3 aromatic rings. The molecule has 0 radical (unpaired) electrons. The highest BCUT2D eigenvalue weighted by atomic mass is 32.2. The molecule has 0 aliphatic rings. The van der Waals surface area contributed by atoms with Gasteiger partial charge in [0, 0.05) is 26.4 Å². The van der Waals surface area contributed by atoms with Crippen LogP contribution in [0.5, 0.6) is 0 Å². The van der Waals surface area contributed by atoms with Crippen molar-refractivity contribution >= 4 is 26.6 Å². The van der Waals surface area contributed by atoms with Gasteiger partial charge in [-0.3, -0.25) is 14.2 Å². The van der Waals surface area contributed by atoms with Gasteiger partial charge in [0.25, 0.3) is 5.56 Å². The molecular formula is C23H29N4O6S+.